The molecule has 0 spiro atoms. The van der Waals surface area contributed by atoms with E-state index in [0.717, 1.165) is 38.2 Å². The predicted molar refractivity (Wildman–Crippen MR) is 66.6 cm³/mol. The molecule has 2 heterocycles. The monoisotopic (exact) mass is 273 g/mol. The van der Waals surface area contributed by atoms with E-state index in [1.807, 2.05) is 11.5 Å². The number of imidazole rings is 1. The molecule has 7 heteroatoms. The Labute approximate surface area is 107 Å². The molecule has 0 radical (unpaired) electrons. The highest BCUT2D eigenvalue weighted by atomic mass is 32.2. The summed E-state index contributed by atoms with van der Waals surface area (Å²) in [4.78, 5) is 4.05. The lowest BCUT2D eigenvalue weighted by molar-refractivity contribution is 0.100. The molecule has 102 valence electrons. The van der Waals surface area contributed by atoms with Crippen molar-refractivity contribution in [1.82, 2.24) is 9.55 Å². The van der Waals surface area contributed by atoms with Gasteiger partial charge in [-0.3, -0.25) is 0 Å². The van der Waals surface area contributed by atoms with Crippen LogP contribution in [0.3, 0.4) is 0 Å². The average molecular weight is 273 g/mol. The Morgan fingerprint density at radius 3 is 2.94 bits per heavy atom. The van der Waals surface area contributed by atoms with Crippen molar-refractivity contribution in [2.75, 3.05) is 6.61 Å². The largest absolute Gasteiger partial charge is 0.378 e. The second-order valence-electron chi connectivity index (χ2n) is 4.51. The third kappa shape index (κ3) is 3.09. The third-order valence-electron chi connectivity index (χ3n) is 3.16. The number of hydrogen-bond donors (Lipinski definition) is 1. The van der Waals surface area contributed by atoms with Crippen LogP contribution >= 0.6 is 0 Å². The molecule has 0 amide bonds. The first-order chi connectivity index (χ1) is 8.50. The summed E-state index contributed by atoms with van der Waals surface area (Å²) in [7, 11) is -3.72. The molecule has 2 N–H and O–H groups in total. The third-order valence-corrected chi connectivity index (χ3v) is 3.94. The van der Waals surface area contributed by atoms with E-state index < -0.39 is 10.0 Å². The summed E-state index contributed by atoms with van der Waals surface area (Å²) < 4.78 is 29.9. The maximum atomic E-state index is 11.3. The summed E-state index contributed by atoms with van der Waals surface area (Å²) in [6, 6.07) is 0. The molecule has 0 saturated carbocycles. The molecule has 1 aliphatic heterocycles. The van der Waals surface area contributed by atoms with E-state index >= 15 is 0 Å². The Morgan fingerprint density at radius 2 is 2.39 bits per heavy atom. The van der Waals surface area contributed by atoms with Crippen LogP contribution in [0.2, 0.25) is 0 Å². The molecule has 1 aromatic rings. The molecule has 1 fully saturated rings. The van der Waals surface area contributed by atoms with Crippen LogP contribution in [0.4, 0.5) is 0 Å². The summed E-state index contributed by atoms with van der Waals surface area (Å²) in [6.07, 6.45) is 5.56. The number of nitrogens with two attached hydrogens (primary N) is 1. The molecule has 1 aliphatic rings. The molecule has 1 atom stereocenters. The van der Waals surface area contributed by atoms with Gasteiger partial charge in [0.1, 0.15) is 5.82 Å². The summed E-state index contributed by atoms with van der Waals surface area (Å²) in [5.41, 5.74) is 0. The van der Waals surface area contributed by atoms with Gasteiger partial charge in [-0.1, -0.05) is 6.92 Å². The zero-order chi connectivity index (χ0) is 13.2. The molecule has 1 saturated heterocycles. The SMILES string of the molecule is CCc1nc(S(N)(=O)=O)cn1CCC1CCCO1. The predicted octanol–water partition coefficient (Wildman–Crippen LogP) is 0.662. The Morgan fingerprint density at radius 1 is 1.61 bits per heavy atom. The molecule has 1 unspecified atom stereocenters. The normalized spacial score (nSPS) is 20.4. The number of sulfonamides is 1. The Balaban J connectivity index is 2.08. The number of aromatic nitrogens is 2. The van der Waals surface area contributed by atoms with Crippen molar-refractivity contribution in [3.63, 3.8) is 0 Å². The van der Waals surface area contributed by atoms with Crippen LogP contribution in [-0.4, -0.2) is 30.7 Å². The highest BCUT2D eigenvalue weighted by Crippen LogP contribution is 2.17. The van der Waals surface area contributed by atoms with Crippen LogP contribution in [0.1, 0.15) is 32.0 Å². The Hall–Kier alpha value is -0.920. The van der Waals surface area contributed by atoms with E-state index in [0.29, 0.717) is 6.42 Å². The smallest absolute Gasteiger partial charge is 0.257 e. The lowest BCUT2D eigenvalue weighted by atomic mass is 10.2. The zero-order valence-electron chi connectivity index (χ0n) is 10.5. The van der Waals surface area contributed by atoms with E-state index in [-0.39, 0.29) is 11.1 Å². The van der Waals surface area contributed by atoms with Crippen molar-refractivity contribution in [1.29, 1.82) is 0 Å². The van der Waals surface area contributed by atoms with Crippen LogP contribution in [0, 0.1) is 0 Å². The summed E-state index contributed by atoms with van der Waals surface area (Å²) >= 11 is 0. The molecule has 0 bridgehead atoms. The van der Waals surface area contributed by atoms with E-state index in [2.05, 4.69) is 4.98 Å². The molecule has 18 heavy (non-hydrogen) atoms. The highest BCUT2D eigenvalue weighted by Gasteiger charge is 2.18. The topological polar surface area (TPSA) is 87.2 Å². The fraction of sp³-hybridized carbons (Fsp3) is 0.727. The van der Waals surface area contributed by atoms with Crippen LogP contribution < -0.4 is 5.14 Å². The van der Waals surface area contributed by atoms with Gasteiger partial charge < -0.3 is 9.30 Å². The number of aryl methyl sites for hydroxylation is 2. The second-order valence-corrected chi connectivity index (χ2v) is 6.02. The molecule has 2 rings (SSSR count). The first-order valence-corrected chi connectivity index (χ1v) is 7.75. The zero-order valence-corrected chi connectivity index (χ0v) is 11.3. The minimum atomic E-state index is -3.72. The van der Waals surface area contributed by atoms with Gasteiger partial charge >= 0.3 is 0 Å². The number of nitrogens with zero attached hydrogens (tertiary/aromatic N) is 2. The van der Waals surface area contributed by atoms with Gasteiger partial charge in [0, 0.05) is 25.8 Å². The average Bonchev–Trinajstić information content (AvgIpc) is 2.94. The molecular weight excluding hydrogens is 254 g/mol. The van der Waals surface area contributed by atoms with Gasteiger partial charge in [-0.25, -0.2) is 18.5 Å². The van der Waals surface area contributed by atoms with Crippen molar-refractivity contribution in [2.45, 2.75) is 50.3 Å². The van der Waals surface area contributed by atoms with Crippen LogP contribution in [0.25, 0.3) is 0 Å². The Kier molecular flexibility index (Phi) is 4.04. The maximum absolute atomic E-state index is 11.3. The van der Waals surface area contributed by atoms with Crippen LogP contribution in [-0.2, 0) is 27.7 Å². The quantitative estimate of drug-likeness (QED) is 0.853. The first-order valence-electron chi connectivity index (χ1n) is 6.21. The van der Waals surface area contributed by atoms with Gasteiger partial charge in [0.2, 0.25) is 0 Å². The van der Waals surface area contributed by atoms with Crippen LogP contribution in [0.5, 0.6) is 0 Å². The maximum Gasteiger partial charge on any atom is 0.257 e. The molecule has 0 aliphatic carbocycles. The van der Waals surface area contributed by atoms with E-state index in [1.54, 1.807) is 0 Å². The second kappa shape index (κ2) is 5.38. The fourth-order valence-corrected chi connectivity index (χ4v) is 2.70. The van der Waals surface area contributed by atoms with Crippen molar-refractivity contribution in [3.05, 3.63) is 12.0 Å². The number of primary sulfonamides is 1. The summed E-state index contributed by atoms with van der Waals surface area (Å²) in [5.74, 6) is 0.747. The fourth-order valence-electron chi connectivity index (χ4n) is 2.20. The molecule has 0 aromatic carbocycles. The minimum absolute atomic E-state index is 0.0494. The van der Waals surface area contributed by atoms with Crippen LogP contribution in [0.15, 0.2) is 11.2 Å². The van der Waals surface area contributed by atoms with Crippen molar-refractivity contribution < 1.29 is 13.2 Å². The molecular formula is C11H19N3O3S. The molecule has 6 nitrogen and oxygen atoms in total. The number of hydrogen-bond acceptors (Lipinski definition) is 4. The van der Waals surface area contributed by atoms with Gasteiger partial charge in [0.15, 0.2) is 5.03 Å². The molecule has 1 aromatic heterocycles. The van der Waals surface area contributed by atoms with Gasteiger partial charge in [-0.2, -0.15) is 0 Å². The highest BCUT2D eigenvalue weighted by molar-refractivity contribution is 7.89. The lowest BCUT2D eigenvalue weighted by Gasteiger charge is -2.10. The lowest BCUT2D eigenvalue weighted by Crippen LogP contribution is -2.12. The van der Waals surface area contributed by atoms with Gasteiger partial charge in [0.05, 0.1) is 6.10 Å². The standard InChI is InChI=1S/C11H19N3O3S/c1-2-10-13-11(18(12,15)16)8-14(10)6-5-9-4-3-7-17-9/h8-9H,2-7H2,1H3,(H2,12,15,16). The van der Waals surface area contributed by atoms with Crippen molar-refractivity contribution in [3.8, 4) is 0 Å². The summed E-state index contributed by atoms with van der Waals surface area (Å²) in [5, 5.41) is 5.03. The first kappa shape index (κ1) is 13.5. The summed E-state index contributed by atoms with van der Waals surface area (Å²) in [6.45, 7) is 3.49. The van der Waals surface area contributed by atoms with Gasteiger partial charge in [0.25, 0.3) is 10.0 Å². The number of ether oxygens (including phenoxy) is 1. The van der Waals surface area contributed by atoms with E-state index in [1.165, 1.54) is 6.20 Å². The van der Waals surface area contributed by atoms with E-state index in [9.17, 15) is 8.42 Å². The van der Waals surface area contributed by atoms with Gasteiger partial charge in [-0.15, -0.1) is 0 Å². The minimum Gasteiger partial charge on any atom is -0.378 e. The van der Waals surface area contributed by atoms with E-state index in [4.69, 9.17) is 9.88 Å². The van der Waals surface area contributed by atoms with Crippen molar-refractivity contribution >= 4 is 10.0 Å². The van der Waals surface area contributed by atoms with Crippen molar-refractivity contribution in [2.24, 2.45) is 5.14 Å². The number of rotatable bonds is 5. The Bertz CT molecular complexity index is 504. The van der Waals surface area contributed by atoms with Gasteiger partial charge in [-0.05, 0) is 19.3 Å².